The Morgan fingerprint density at radius 1 is 1.32 bits per heavy atom. The van der Waals surface area contributed by atoms with Gasteiger partial charge in [0.05, 0.1) is 10.8 Å². The zero-order valence-corrected chi connectivity index (χ0v) is 13.1. The van der Waals surface area contributed by atoms with Gasteiger partial charge in [0.25, 0.3) is 0 Å². The van der Waals surface area contributed by atoms with Crippen LogP contribution in [0.1, 0.15) is 43.7 Å². The van der Waals surface area contributed by atoms with E-state index >= 15 is 0 Å². The smallest absolute Gasteiger partial charge is 0.0564 e. The topological polar surface area (TPSA) is 29.1 Å². The molecule has 2 rings (SSSR count). The van der Waals surface area contributed by atoms with Gasteiger partial charge < -0.3 is 5.32 Å². The third kappa shape index (κ3) is 3.67. The van der Waals surface area contributed by atoms with Crippen LogP contribution in [0.2, 0.25) is 0 Å². The van der Waals surface area contributed by atoms with Gasteiger partial charge in [-0.25, -0.2) is 0 Å². The minimum Gasteiger partial charge on any atom is -0.314 e. The molecule has 0 heterocycles. The predicted octanol–water partition coefficient (Wildman–Crippen LogP) is 3.33. The Balaban J connectivity index is 2.01. The summed E-state index contributed by atoms with van der Waals surface area (Å²) in [5, 5.41) is 3.89. The maximum Gasteiger partial charge on any atom is 0.0564 e. The SMILES string of the molecule is CCCNC1CCC(S(=O)c2ccc(C)cc2C)C1. The van der Waals surface area contributed by atoms with E-state index in [0.717, 1.165) is 24.3 Å². The fourth-order valence-electron chi connectivity index (χ4n) is 2.87. The highest BCUT2D eigenvalue weighted by Gasteiger charge is 2.29. The maximum atomic E-state index is 12.7. The first kappa shape index (κ1) is 14.7. The molecule has 1 fully saturated rings. The van der Waals surface area contributed by atoms with Gasteiger partial charge in [-0.1, -0.05) is 24.6 Å². The third-order valence-electron chi connectivity index (χ3n) is 3.92. The van der Waals surface area contributed by atoms with E-state index in [1.165, 1.54) is 24.0 Å². The van der Waals surface area contributed by atoms with E-state index in [1.807, 2.05) is 6.07 Å². The van der Waals surface area contributed by atoms with Crippen molar-refractivity contribution in [3.05, 3.63) is 29.3 Å². The van der Waals surface area contributed by atoms with E-state index in [2.05, 4.69) is 38.2 Å². The molecule has 0 saturated heterocycles. The Morgan fingerprint density at radius 3 is 2.79 bits per heavy atom. The van der Waals surface area contributed by atoms with Crippen LogP contribution < -0.4 is 5.32 Å². The molecule has 0 aromatic heterocycles. The van der Waals surface area contributed by atoms with E-state index < -0.39 is 10.8 Å². The summed E-state index contributed by atoms with van der Waals surface area (Å²) in [7, 11) is -0.845. The van der Waals surface area contributed by atoms with Crippen molar-refractivity contribution in [1.29, 1.82) is 0 Å². The van der Waals surface area contributed by atoms with Crippen LogP contribution in [0.15, 0.2) is 23.1 Å². The Morgan fingerprint density at radius 2 is 2.11 bits per heavy atom. The lowest BCUT2D eigenvalue weighted by Crippen LogP contribution is -2.28. The van der Waals surface area contributed by atoms with Gasteiger partial charge >= 0.3 is 0 Å². The largest absolute Gasteiger partial charge is 0.314 e. The van der Waals surface area contributed by atoms with Crippen molar-refractivity contribution in [2.24, 2.45) is 0 Å². The van der Waals surface area contributed by atoms with Crippen molar-refractivity contribution >= 4 is 10.8 Å². The molecule has 0 radical (unpaired) electrons. The lowest BCUT2D eigenvalue weighted by molar-refractivity contribution is 0.523. The third-order valence-corrected chi connectivity index (χ3v) is 5.84. The standard InChI is InChI=1S/C16H25NOS/c1-4-9-17-14-6-7-15(11-14)19(18)16-8-5-12(2)10-13(16)3/h5,8,10,14-15,17H,4,6-7,9,11H2,1-3H3. The number of hydrogen-bond acceptors (Lipinski definition) is 2. The molecule has 0 spiro atoms. The highest BCUT2D eigenvalue weighted by molar-refractivity contribution is 7.85. The average molecular weight is 279 g/mol. The second kappa shape index (κ2) is 6.67. The number of hydrogen-bond donors (Lipinski definition) is 1. The van der Waals surface area contributed by atoms with E-state index in [4.69, 9.17) is 0 Å². The van der Waals surface area contributed by atoms with Crippen LogP contribution >= 0.6 is 0 Å². The summed E-state index contributed by atoms with van der Waals surface area (Å²) in [5.74, 6) is 0. The summed E-state index contributed by atoms with van der Waals surface area (Å²) in [5.41, 5.74) is 2.41. The predicted molar refractivity (Wildman–Crippen MR) is 82.0 cm³/mol. The molecule has 2 nitrogen and oxygen atoms in total. The molecule has 3 heteroatoms. The monoisotopic (exact) mass is 279 g/mol. The fourth-order valence-corrected chi connectivity index (χ4v) is 4.57. The Hall–Kier alpha value is -0.670. The van der Waals surface area contributed by atoms with Crippen LogP contribution in [0.3, 0.4) is 0 Å². The van der Waals surface area contributed by atoms with Crippen LogP contribution in [-0.2, 0) is 10.8 Å². The Labute approximate surface area is 119 Å². The summed E-state index contributed by atoms with van der Waals surface area (Å²) < 4.78 is 12.7. The van der Waals surface area contributed by atoms with Gasteiger partial charge in [-0.2, -0.15) is 0 Å². The van der Waals surface area contributed by atoms with Crippen molar-refractivity contribution in [3.8, 4) is 0 Å². The summed E-state index contributed by atoms with van der Waals surface area (Å²) in [6.07, 6.45) is 4.48. The van der Waals surface area contributed by atoms with Crippen LogP contribution in [0.4, 0.5) is 0 Å². The fraction of sp³-hybridized carbons (Fsp3) is 0.625. The average Bonchev–Trinajstić information content (AvgIpc) is 2.84. The van der Waals surface area contributed by atoms with E-state index in [0.29, 0.717) is 11.3 Å². The molecule has 0 amide bonds. The van der Waals surface area contributed by atoms with Gasteiger partial charge in [0.2, 0.25) is 0 Å². The molecule has 1 aromatic carbocycles. The minimum atomic E-state index is -0.845. The van der Waals surface area contributed by atoms with Gasteiger partial charge in [0.15, 0.2) is 0 Å². The second-order valence-corrected chi connectivity index (χ2v) is 7.35. The van der Waals surface area contributed by atoms with E-state index in [9.17, 15) is 4.21 Å². The Kier molecular flexibility index (Phi) is 5.17. The zero-order chi connectivity index (χ0) is 13.8. The minimum absolute atomic E-state index is 0.329. The molecule has 1 aliphatic carbocycles. The molecule has 1 aromatic rings. The Bertz CT molecular complexity index is 458. The highest BCUT2D eigenvalue weighted by Crippen LogP contribution is 2.28. The van der Waals surface area contributed by atoms with Gasteiger partial charge in [0, 0.05) is 16.2 Å². The molecular formula is C16H25NOS. The maximum absolute atomic E-state index is 12.7. The normalized spacial score (nSPS) is 24.6. The molecule has 1 aliphatic rings. The van der Waals surface area contributed by atoms with Crippen LogP contribution in [-0.4, -0.2) is 22.0 Å². The molecule has 3 atom stereocenters. The molecule has 19 heavy (non-hydrogen) atoms. The van der Waals surface area contributed by atoms with Gasteiger partial charge in [0.1, 0.15) is 0 Å². The summed E-state index contributed by atoms with van der Waals surface area (Å²) >= 11 is 0. The van der Waals surface area contributed by atoms with Crippen LogP contribution in [0.25, 0.3) is 0 Å². The highest BCUT2D eigenvalue weighted by atomic mass is 32.2. The zero-order valence-electron chi connectivity index (χ0n) is 12.2. The number of nitrogens with one attached hydrogen (secondary N) is 1. The van der Waals surface area contributed by atoms with Crippen molar-refractivity contribution in [2.75, 3.05) is 6.54 Å². The van der Waals surface area contributed by atoms with Crippen LogP contribution in [0, 0.1) is 13.8 Å². The molecule has 3 unspecified atom stereocenters. The lowest BCUT2D eigenvalue weighted by atomic mass is 10.2. The quantitative estimate of drug-likeness (QED) is 0.895. The molecule has 0 bridgehead atoms. The first-order valence-electron chi connectivity index (χ1n) is 7.33. The summed E-state index contributed by atoms with van der Waals surface area (Å²) in [6.45, 7) is 7.42. The molecule has 0 aliphatic heterocycles. The van der Waals surface area contributed by atoms with Crippen molar-refractivity contribution in [3.63, 3.8) is 0 Å². The first-order valence-corrected chi connectivity index (χ1v) is 8.54. The van der Waals surface area contributed by atoms with Crippen molar-refractivity contribution in [2.45, 2.75) is 62.6 Å². The van der Waals surface area contributed by atoms with Gasteiger partial charge in [-0.15, -0.1) is 0 Å². The first-order chi connectivity index (χ1) is 9.11. The summed E-state index contributed by atoms with van der Waals surface area (Å²) in [6, 6.07) is 6.82. The van der Waals surface area contributed by atoms with E-state index in [-0.39, 0.29) is 0 Å². The molecule has 1 saturated carbocycles. The van der Waals surface area contributed by atoms with E-state index in [1.54, 1.807) is 0 Å². The molecule has 106 valence electrons. The van der Waals surface area contributed by atoms with Crippen LogP contribution in [0.5, 0.6) is 0 Å². The number of aryl methyl sites for hydroxylation is 2. The number of rotatable bonds is 5. The lowest BCUT2D eigenvalue weighted by Gasteiger charge is -2.14. The van der Waals surface area contributed by atoms with Gasteiger partial charge in [-0.3, -0.25) is 4.21 Å². The summed E-state index contributed by atoms with van der Waals surface area (Å²) in [4.78, 5) is 1.03. The van der Waals surface area contributed by atoms with Gasteiger partial charge in [-0.05, 0) is 57.7 Å². The molecular weight excluding hydrogens is 254 g/mol. The molecule has 1 N–H and O–H groups in total. The second-order valence-electron chi connectivity index (χ2n) is 5.65. The van der Waals surface area contributed by atoms with Crippen molar-refractivity contribution < 1.29 is 4.21 Å². The van der Waals surface area contributed by atoms with Crippen molar-refractivity contribution in [1.82, 2.24) is 5.32 Å². The number of benzene rings is 1.